The monoisotopic (exact) mass is 363 g/mol. The number of aromatic nitrogens is 2. The number of fused-ring (bicyclic) bond motifs is 1. The lowest BCUT2D eigenvalue weighted by molar-refractivity contribution is 0.556. The first-order valence-electron chi connectivity index (χ1n) is 9.92. The summed E-state index contributed by atoms with van der Waals surface area (Å²) in [5.74, 6) is 2.49. The van der Waals surface area contributed by atoms with E-state index in [1.807, 2.05) is 13.1 Å². The van der Waals surface area contributed by atoms with E-state index in [4.69, 9.17) is 10.7 Å². The minimum atomic E-state index is 0.268. The average Bonchev–Trinajstić information content (AvgIpc) is 2.71. The quantitative estimate of drug-likeness (QED) is 0.772. The summed E-state index contributed by atoms with van der Waals surface area (Å²) >= 11 is 0. The largest absolute Gasteiger partial charge is 0.398 e. The Morgan fingerprint density at radius 1 is 1.33 bits per heavy atom. The van der Waals surface area contributed by atoms with Gasteiger partial charge in [0.05, 0.1) is 11.3 Å². The third-order valence-electron chi connectivity index (χ3n) is 5.85. The Morgan fingerprint density at radius 2 is 2.11 bits per heavy atom. The molecule has 2 aromatic rings. The molecule has 0 saturated carbocycles. The molecule has 1 unspecified atom stereocenters. The van der Waals surface area contributed by atoms with Crippen LogP contribution in [-0.4, -0.2) is 17.0 Å². The van der Waals surface area contributed by atoms with Crippen molar-refractivity contribution >= 4 is 11.5 Å². The SMILES string of the molecule is CCc1nc2c(c(NC)n1)CCC(c1c([C@@H](C)CC)ccc(N)c1C#N)C2. The predicted molar refractivity (Wildman–Crippen MR) is 110 cm³/mol. The van der Waals surface area contributed by atoms with E-state index in [0.717, 1.165) is 55.0 Å². The van der Waals surface area contributed by atoms with Crippen molar-refractivity contribution in [2.24, 2.45) is 0 Å². The van der Waals surface area contributed by atoms with Gasteiger partial charge in [-0.25, -0.2) is 9.97 Å². The van der Waals surface area contributed by atoms with E-state index >= 15 is 0 Å². The summed E-state index contributed by atoms with van der Waals surface area (Å²) in [6, 6.07) is 6.38. The zero-order valence-electron chi connectivity index (χ0n) is 16.8. The molecule has 0 fully saturated rings. The van der Waals surface area contributed by atoms with Gasteiger partial charge in [0.2, 0.25) is 0 Å². The van der Waals surface area contributed by atoms with Crippen LogP contribution in [0, 0.1) is 11.3 Å². The van der Waals surface area contributed by atoms with Gasteiger partial charge in [0.25, 0.3) is 0 Å². The van der Waals surface area contributed by atoms with Crippen molar-refractivity contribution in [3.05, 3.63) is 45.9 Å². The number of anilines is 2. The topological polar surface area (TPSA) is 87.6 Å². The molecule has 1 aliphatic rings. The second-order valence-electron chi connectivity index (χ2n) is 7.41. The lowest BCUT2D eigenvalue weighted by Gasteiger charge is -2.29. The average molecular weight is 364 g/mol. The Labute approximate surface area is 162 Å². The van der Waals surface area contributed by atoms with Crippen LogP contribution in [0.2, 0.25) is 0 Å². The number of nitrogens with two attached hydrogens (primary N) is 1. The van der Waals surface area contributed by atoms with Crippen molar-refractivity contribution in [1.29, 1.82) is 5.26 Å². The van der Waals surface area contributed by atoms with Crippen molar-refractivity contribution in [2.45, 2.75) is 64.7 Å². The van der Waals surface area contributed by atoms with E-state index in [1.54, 1.807) is 0 Å². The van der Waals surface area contributed by atoms with Crippen LogP contribution in [-0.2, 0) is 19.3 Å². The molecule has 5 heteroatoms. The first-order valence-corrected chi connectivity index (χ1v) is 9.92. The van der Waals surface area contributed by atoms with Gasteiger partial charge in [0.15, 0.2) is 0 Å². The maximum absolute atomic E-state index is 9.80. The summed E-state index contributed by atoms with van der Waals surface area (Å²) < 4.78 is 0. The highest BCUT2D eigenvalue weighted by Crippen LogP contribution is 2.41. The number of nitrogens with zero attached hydrogens (tertiary/aromatic N) is 3. The third-order valence-corrected chi connectivity index (χ3v) is 5.85. The molecule has 1 heterocycles. The van der Waals surface area contributed by atoms with Crippen LogP contribution in [0.3, 0.4) is 0 Å². The molecule has 1 aromatic carbocycles. The van der Waals surface area contributed by atoms with Crippen LogP contribution in [0.15, 0.2) is 12.1 Å². The lowest BCUT2D eigenvalue weighted by atomic mass is 9.76. The van der Waals surface area contributed by atoms with Crippen LogP contribution in [0.5, 0.6) is 0 Å². The summed E-state index contributed by atoms with van der Waals surface area (Å²) in [6.07, 6.45) is 4.59. The van der Waals surface area contributed by atoms with Gasteiger partial charge in [-0.2, -0.15) is 5.26 Å². The van der Waals surface area contributed by atoms with E-state index in [9.17, 15) is 5.26 Å². The van der Waals surface area contributed by atoms with Gasteiger partial charge in [0.1, 0.15) is 17.7 Å². The van der Waals surface area contributed by atoms with Crippen molar-refractivity contribution in [3.63, 3.8) is 0 Å². The number of nitrogen functional groups attached to an aromatic ring is 1. The van der Waals surface area contributed by atoms with E-state index in [2.05, 4.69) is 43.2 Å². The van der Waals surface area contributed by atoms with Gasteiger partial charge in [-0.05, 0) is 54.7 Å². The summed E-state index contributed by atoms with van der Waals surface area (Å²) in [4.78, 5) is 9.46. The van der Waals surface area contributed by atoms with E-state index in [1.165, 1.54) is 11.1 Å². The molecular weight excluding hydrogens is 334 g/mol. The van der Waals surface area contributed by atoms with Crippen molar-refractivity contribution in [1.82, 2.24) is 9.97 Å². The number of rotatable bonds is 5. The molecule has 1 aliphatic carbocycles. The second-order valence-corrected chi connectivity index (χ2v) is 7.41. The molecule has 27 heavy (non-hydrogen) atoms. The maximum atomic E-state index is 9.80. The standard InChI is InChI=1S/C22H29N5/c1-5-13(3)15-9-10-18(24)17(12-23)21(15)14-7-8-16-19(11-14)26-20(6-2)27-22(16)25-4/h9-10,13-14H,5-8,11,24H2,1-4H3,(H,25,26,27)/t13-,14?/m0/s1. The zero-order chi connectivity index (χ0) is 19.6. The minimum absolute atomic E-state index is 0.268. The van der Waals surface area contributed by atoms with Gasteiger partial charge in [-0.15, -0.1) is 0 Å². The first kappa shape index (κ1) is 19.2. The molecule has 0 spiro atoms. The number of nitriles is 1. The molecule has 0 saturated heterocycles. The van der Waals surface area contributed by atoms with Gasteiger partial charge in [0, 0.05) is 24.7 Å². The molecular formula is C22H29N5. The maximum Gasteiger partial charge on any atom is 0.132 e. The third kappa shape index (κ3) is 3.49. The number of benzene rings is 1. The van der Waals surface area contributed by atoms with Crippen LogP contribution in [0.25, 0.3) is 0 Å². The number of aryl methyl sites for hydroxylation is 1. The molecule has 0 bridgehead atoms. The Hall–Kier alpha value is -2.61. The van der Waals surface area contributed by atoms with Crippen LogP contribution < -0.4 is 11.1 Å². The minimum Gasteiger partial charge on any atom is -0.398 e. The fourth-order valence-corrected chi connectivity index (χ4v) is 4.15. The van der Waals surface area contributed by atoms with Crippen molar-refractivity contribution in [2.75, 3.05) is 18.1 Å². The van der Waals surface area contributed by atoms with Gasteiger partial charge < -0.3 is 11.1 Å². The van der Waals surface area contributed by atoms with Crippen LogP contribution in [0.1, 0.15) is 79.2 Å². The molecule has 0 radical (unpaired) electrons. The normalized spacial score (nSPS) is 17.1. The van der Waals surface area contributed by atoms with E-state index in [0.29, 0.717) is 17.2 Å². The molecule has 142 valence electrons. The summed E-state index contributed by atoms with van der Waals surface area (Å²) in [7, 11) is 1.92. The smallest absolute Gasteiger partial charge is 0.132 e. The second kappa shape index (κ2) is 7.96. The summed E-state index contributed by atoms with van der Waals surface area (Å²) in [5, 5.41) is 13.0. The fraction of sp³-hybridized carbons (Fsp3) is 0.500. The molecule has 0 amide bonds. The Morgan fingerprint density at radius 3 is 2.74 bits per heavy atom. The highest BCUT2D eigenvalue weighted by molar-refractivity contribution is 5.62. The zero-order valence-corrected chi connectivity index (χ0v) is 16.8. The molecule has 3 N–H and O–H groups in total. The predicted octanol–water partition coefficient (Wildman–Crippen LogP) is 4.32. The lowest BCUT2D eigenvalue weighted by Crippen LogP contribution is -2.21. The summed E-state index contributed by atoms with van der Waals surface area (Å²) in [6.45, 7) is 6.49. The molecule has 0 aliphatic heterocycles. The van der Waals surface area contributed by atoms with Crippen molar-refractivity contribution < 1.29 is 0 Å². The number of hydrogen-bond donors (Lipinski definition) is 2. The summed E-state index contributed by atoms with van der Waals surface area (Å²) in [5.41, 5.74) is 12.1. The van der Waals surface area contributed by atoms with E-state index < -0.39 is 0 Å². The molecule has 2 atom stereocenters. The highest BCUT2D eigenvalue weighted by atomic mass is 15.0. The van der Waals surface area contributed by atoms with Gasteiger partial charge in [-0.3, -0.25) is 0 Å². The highest BCUT2D eigenvalue weighted by Gasteiger charge is 2.29. The van der Waals surface area contributed by atoms with Crippen molar-refractivity contribution in [3.8, 4) is 6.07 Å². The van der Waals surface area contributed by atoms with Gasteiger partial charge >= 0.3 is 0 Å². The fourth-order valence-electron chi connectivity index (χ4n) is 4.15. The van der Waals surface area contributed by atoms with Crippen LogP contribution >= 0.6 is 0 Å². The van der Waals surface area contributed by atoms with E-state index in [-0.39, 0.29) is 5.92 Å². The Kier molecular flexibility index (Phi) is 5.65. The molecule has 3 rings (SSSR count). The Bertz CT molecular complexity index is 881. The Balaban J connectivity index is 2.10. The first-order chi connectivity index (χ1) is 13.0. The molecule has 1 aromatic heterocycles. The van der Waals surface area contributed by atoms with Crippen LogP contribution in [0.4, 0.5) is 11.5 Å². The number of hydrogen-bond acceptors (Lipinski definition) is 5. The van der Waals surface area contributed by atoms with Gasteiger partial charge in [-0.1, -0.05) is 26.8 Å². The number of nitrogens with one attached hydrogen (secondary N) is 1. The molecule has 5 nitrogen and oxygen atoms in total.